The summed E-state index contributed by atoms with van der Waals surface area (Å²) in [5.74, 6) is 0. The van der Waals surface area contributed by atoms with Crippen LogP contribution in [0.15, 0.2) is 18.2 Å². The molecule has 2 nitrogen and oxygen atoms in total. The van der Waals surface area contributed by atoms with E-state index in [0.29, 0.717) is 10.6 Å². The summed E-state index contributed by atoms with van der Waals surface area (Å²) in [6, 6.07) is 7.01. The Morgan fingerprint density at radius 2 is 2.33 bits per heavy atom. The Balaban J connectivity index is 3.03. The van der Waals surface area contributed by atoms with E-state index >= 15 is 0 Å². The van der Waals surface area contributed by atoms with E-state index in [9.17, 15) is 0 Å². The summed E-state index contributed by atoms with van der Waals surface area (Å²) in [5, 5.41) is 11.8. The van der Waals surface area contributed by atoms with Gasteiger partial charge in [0, 0.05) is 5.69 Å². The molecule has 0 unspecified atom stereocenters. The molecular formula is C8H5ClN2S. The smallest absolute Gasteiger partial charge is 0.101 e. The number of thiocarbonyl (C=S) groups is 1. The highest BCUT2D eigenvalue weighted by Gasteiger charge is 1.98. The van der Waals surface area contributed by atoms with Gasteiger partial charge in [-0.2, -0.15) is 5.26 Å². The normalized spacial score (nSPS) is 8.67. The number of anilines is 1. The zero-order chi connectivity index (χ0) is 8.97. The van der Waals surface area contributed by atoms with E-state index in [1.54, 1.807) is 18.2 Å². The minimum Gasteiger partial charge on any atom is -0.353 e. The monoisotopic (exact) mass is 196 g/mol. The van der Waals surface area contributed by atoms with Crippen LogP contribution in [-0.4, -0.2) is 5.49 Å². The van der Waals surface area contributed by atoms with Crippen molar-refractivity contribution in [3.63, 3.8) is 0 Å². The first-order chi connectivity index (χ1) is 5.77. The molecule has 1 N–H and O–H groups in total. The van der Waals surface area contributed by atoms with Crippen LogP contribution in [0.3, 0.4) is 0 Å². The molecule has 4 heteroatoms. The van der Waals surface area contributed by atoms with E-state index in [-0.39, 0.29) is 0 Å². The fraction of sp³-hybridized carbons (Fsp3) is 0. The summed E-state index contributed by atoms with van der Waals surface area (Å²) < 4.78 is 0. The molecule has 1 aromatic rings. The molecule has 1 aromatic carbocycles. The van der Waals surface area contributed by atoms with Crippen LogP contribution in [0.5, 0.6) is 0 Å². The molecule has 60 valence electrons. The molecule has 0 amide bonds. The van der Waals surface area contributed by atoms with Crippen LogP contribution in [-0.2, 0) is 0 Å². The van der Waals surface area contributed by atoms with E-state index in [0.717, 1.165) is 5.69 Å². The average molecular weight is 197 g/mol. The molecule has 1 rings (SSSR count). The zero-order valence-corrected chi connectivity index (χ0v) is 7.62. The van der Waals surface area contributed by atoms with Gasteiger partial charge in [-0.05, 0) is 18.2 Å². The predicted octanol–water partition coefficient (Wildman–Crippen LogP) is 2.58. The first-order valence-corrected chi connectivity index (χ1v) is 4.02. The lowest BCUT2D eigenvalue weighted by Crippen LogP contribution is -1.91. The number of nitriles is 1. The van der Waals surface area contributed by atoms with Crippen LogP contribution in [0, 0.1) is 11.3 Å². The SMILES string of the molecule is N#Cc1ccc(NC=S)cc1Cl. The van der Waals surface area contributed by atoms with E-state index in [1.807, 2.05) is 6.07 Å². The van der Waals surface area contributed by atoms with Crippen LogP contribution in [0.4, 0.5) is 5.69 Å². The molecule has 0 atom stereocenters. The molecule has 0 radical (unpaired) electrons. The van der Waals surface area contributed by atoms with Crippen molar-refractivity contribution in [1.82, 2.24) is 0 Å². The van der Waals surface area contributed by atoms with Gasteiger partial charge in [0.05, 0.1) is 16.1 Å². The average Bonchev–Trinajstić information content (AvgIpc) is 2.05. The predicted molar refractivity (Wildman–Crippen MR) is 53.4 cm³/mol. The van der Waals surface area contributed by atoms with Crippen molar-refractivity contribution in [2.45, 2.75) is 0 Å². The number of halogens is 1. The zero-order valence-electron chi connectivity index (χ0n) is 6.04. The van der Waals surface area contributed by atoms with Gasteiger partial charge in [-0.1, -0.05) is 23.8 Å². The maximum absolute atomic E-state index is 8.56. The van der Waals surface area contributed by atoms with E-state index in [4.69, 9.17) is 16.9 Å². The molecule has 0 spiro atoms. The largest absolute Gasteiger partial charge is 0.353 e. The number of nitrogens with one attached hydrogen (secondary N) is 1. The van der Waals surface area contributed by atoms with Crippen molar-refractivity contribution >= 4 is 35.0 Å². The molecule has 0 fully saturated rings. The van der Waals surface area contributed by atoms with Crippen LogP contribution in [0.1, 0.15) is 5.56 Å². The Bertz CT molecular complexity index is 343. The third-order valence-corrected chi connectivity index (χ3v) is 1.75. The third kappa shape index (κ3) is 1.94. The number of rotatable bonds is 2. The van der Waals surface area contributed by atoms with Crippen LogP contribution in [0.25, 0.3) is 0 Å². The lowest BCUT2D eigenvalue weighted by atomic mass is 10.2. The van der Waals surface area contributed by atoms with Gasteiger partial charge in [-0.25, -0.2) is 0 Å². The van der Waals surface area contributed by atoms with Crippen molar-refractivity contribution in [2.24, 2.45) is 0 Å². The van der Waals surface area contributed by atoms with Crippen LogP contribution >= 0.6 is 23.8 Å². The quantitative estimate of drug-likeness (QED) is 0.739. The molecule has 0 aliphatic carbocycles. The van der Waals surface area contributed by atoms with E-state index in [1.165, 1.54) is 5.49 Å². The minimum atomic E-state index is 0.430. The number of nitrogens with zero attached hydrogens (tertiary/aromatic N) is 1. The van der Waals surface area contributed by atoms with Gasteiger partial charge in [0.15, 0.2) is 0 Å². The second kappa shape index (κ2) is 4.05. The summed E-state index contributed by atoms with van der Waals surface area (Å²) in [4.78, 5) is 0. The van der Waals surface area contributed by atoms with Crippen molar-refractivity contribution in [1.29, 1.82) is 5.26 Å². The van der Waals surface area contributed by atoms with E-state index in [2.05, 4.69) is 17.5 Å². The number of benzene rings is 1. The van der Waals surface area contributed by atoms with Gasteiger partial charge in [0.1, 0.15) is 6.07 Å². The van der Waals surface area contributed by atoms with Crippen molar-refractivity contribution in [3.05, 3.63) is 28.8 Å². The number of hydrogen-bond donors (Lipinski definition) is 1. The maximum Gasteiger partial charge on any atom is 0.101 e. The van der Waals surface area contributed by atoms with Gasteiger partial charge >= 0.3 is 0 Å². The van der Waals surface area contributed by atoms with Gasteiger partial charge < -0.3 is 5.32 Å². The summed E-state index contributed by atoms with van der Waals surface area (Å²) in [6.07, 6.45) is 0. The first-order valence-electron chi connectivity index (χ1n) is 3.18. The lowest BCUT2D eigenvalue weighted by Gasteiger charge is -2.00. The highest BCUT2D eigenvalue weighted by Crippen LogP contribution is 2.19. The maximum atomic E-state index is 8.56. The second-order valence-corrected chi connectivity index (χ2v) is 2.71. The summed E-state index contributed by atoms with van der Waals surface area (Å²) >= 11 is 10.3. The van der Waals surface area contributed by atoms with Crippen molar-refractivity contribution < 1.29 is 0 Å². The van der Waals surface area contributed by atoms with Crippen molar-refractivity contribution in [2.75, 3.05) is 5.32 Å². The van der Waals surface area contributed by atoms with Gasteiger partial charge in [-0.15, -0.1) is 0 Å². The lowest BCUT2D eigenvalue weighted by molar-refractivity contribution is 1.48. The second-order valence-electron chi connectivity index (χ2n) is 2.07. The Kier molecular flexibility index (Phi) is 3.03. The van der Waals surface area contributed by atoms with Crippen LogP contribution < -0.4 is 5.32 Å². The molecule has 0 heterocycles. The summed E-state index contributed by atoms with van der Waals surface area (Å²) in [6.45, 7) is 0. The Labute approximate surface area is 80.8 Å². The molecule has 0 aromatic heterocycles. The Morgan fingerprint density at radius 1 is 1.58 bits per heavy atom. The van der Waals surface area contributed by atoms with Crippen LogP contribution in [0.2, 0.25) is 5.02 Å². The van der Waals surface area contributed by atoms with Gasteiger partial charge in [0.2, 0.25) is 0 Å². The first kappa shape index (κ1) is 8.98. The number of hydrogen-bond acceptors (Lipinski definition) is 2. The fourth-order valence-corrected chi connectivity index (χ4v) is 1.12. The van der Waals surface area contributed by atoms with E-state index < -0.39 is 0 Å². The molecule has 0 saturated heterocycles. The Hall–Kier alpha value is -1.11. The topological polar surface area (TPSA) is 35.8 Å². The third-order valence-electron chi connectivity index (χ3n) is 1.32. The van der Waals surface area contributed by atoms with Gasteiger partial charge in [0.25, 0.3) is 0 Å². The minimum absolute atomic E-state index is 0.430. The molecule has 0 aliphatic heterocycles. The molecule has 0 aliphatic rings. The Morgan fingerprint density at radius 3 is 2.83 bits per heavy atom. The fourth-order valence-electron chi connectivity index (χ4n) is 0.764. The molecule has 0 bridgehead atoms. The molecular weight excluding hydrogens is 192 g/mol. The highest BCUT2D eigenvalue weighted by molar-refractivity contribution is 7.79. The molecule has 0 saturated carbocycles. The van der Waals surface area contributed by atoms with Gasteiger partial charge in [-0.3, -0.25) is 0 Å². The molecule has 12 heavy (non-hydrogen) atoms. The van der Waals surface area contributed by atoms with Crippen molar-refractivity contribution in [3.8, 4) is 6.07 Å². The highest BCUT2D eigenvalue weighted by atomic mass is 35.5. The standard InChI is InChI=1S/C8H5ClN2S/c9-8-3-7(11-5-12)2-1-6(8)4-10/h1-3,5H,(H,11,12). The summed E-state index contributed by atoms with van der Waals surface area (Å²) in [7, 11) is 0. The summed E-state index contributed by atoms with van der Waals surface area (Å²) in [5.41, 5.74) is 2.64.